The van der Waals surface area contributed by atoms with E-state index in [1.165, 1.54) is 60.3 Å². The number of amides is 2. The van der Waals surface area contributed by atoms with Crippen LogP contribution in [0.15, 0.2) is 83.9 Å². The van der Waals surface area contributed by atoms with E-state index in [0.29, 0.717) is 29.5 Å². The summed E-state index contributed by atoms with van der Waals surface area (Å²) in [5.74, 6) is -1.37. The number of thioether (sulfide) groups is 1. The molecule has 1 N–H and O–H groups in total. The van der Waals surface area contributed by atoms with Crippen molar-refractivity contribution < 1.29 is 18.4 Å². The molecule has 0 bridgehead atoms. The number of halogens is 2. The Hall–Kier alpha value is -3.52. The number of benzene rings is 3. The number of hydrogen-bond donors (Lipinski definition) is 1. The van der Waals surface area contributed by atoms with E-state index in [-0.39, 0.29) is 24.1 Å². The molecule has 5 nitrogen and oxygen atoms in total. The Bertz CT molecular complexity index is 1150. The molecule has 3 aromatic rings. The van der Waals surface area contributed by atoms with E-state index in [1.54, 1.807) is 4.90 Å². The normalized spacial score (nSPS) is 17.3. The van der Waals surface area contributed by atoms with Crippen molar-refractivity contribution in [1.82, 2.24) is 4.90 Å². The molecule has 0 radical (unpaired) electrons. The minimum Gasteiger partial charge on any atom is -0.325 e. The van der Waals surface area contributed by atoms with Gasteiger partial charge in [0.2, 0.25) is 11.8 Å². The first-order chi connectivity index (χ1) is 16.0. The Kier molecular flexibility index (Phi) is 7.14. The maximum atomic E-state index is 13.3. The molecule has 33 heavy (non-hydrogen) atoms. The molecular weight excluding hydrogens is 444 g/mol. The summed E-state index contributed by atoms with van der Waals surface area (Å²) in [6, 6.07) is 20.8. The first kappa shape index (κ1) is 22.7. The Balaban J connectivity index is 1.54. The minimum atomic E-state index is -0.699. The second-order valence-electron chi connectivity index (χ2n) is 7.46. The second kappa shape index (κ2) is 10.4. The predicted molar refractivity (Wildman–Crippen MR) is 126 cm³/mol. The molecule has 4 rings (SSSR count). The van der Waals surface area contributed by atoms with Crippen molar-refractivity contribution >= 4 is 40.1 Å². The van der Waals surface area contributed by atoms with Crippen LogP contribution in [0.3, 0.4) is 0 Å². The summed E-state index contributed by atoms with van der Waals surface area (Å²) >= 11 is 1.18. The van der Waals surface area contributed by atoms with Crippen LogP contribution in [-0.2, 0) is 16.0 Å². The molecule has 1 aliphatic rings. The maximum absolute atomic E-state index is 13.3. The fourth-order valence-corrected chi connectivity index (χ4v) is 4.45. The minimum absolute atomic E-state index is 0.00885. The fraction of sp³-hybridized carbons (Fsp3) is 0.160. The van der Waals surface area contributed by atoms with E-state index in [4.69, 9.17) is 0 Å². The Morgan fingerprint density at radius 3 is 2.27 bits per heavy atom. The Morgan fingerprint density at radius 2 is 1.61 bits per heavy atom. The number of carbonyl (C=O) groups excluding carboxylic acids is 2. The number of amidine groups is 1. The van der Waals surface area contributed by atoms with Crippen molar-refractivity contribution in [2.45, 2.75) is 18.1 Å². The maximum Gasteiger partial charge on any atom is 0.238 e. The van der Waals surface area contributed by atoms with Crippen molar-refractivity contribution in [1.29, 1.82) is 0 Å². The van der Waals surface area contributed by atoms with Gasteiger partial charge in [-0.15, -0.1) is 0 Å². The molecule has 3 aromatic carbocycles. The summed E-state index contributed by atoms with van der Waals surface area (Å²) in [7, 11) is 0. The van der Waals surface area contributed by atoms with Crippen molar-refractivity contribution in [3.63, 3.8) is 0 Å². The highest BCUT2D eigenvalue weighted by molar-refractivity contribution is 8.15. The van der Waals surface area contributed by atoms with Crippen LogP contribution in [0, 0.1) is 11.6 Å². The molecule has 0 aromatic heterocycles. The number of nitrogens with one attached hydrogen (secondary N) is 1. The summed E-state index contributed by atoms with van der Waals surface area (Å²) in [5.41, 5.74) is 2.00. The van der Waals surface area contributed by atoms with Gasteiger partial charge < -0.3 is 5.32 Å². The lowest BCUT2D eigenvalue weighted by molar-refractivity contribution is -0.129. The van der Waals surface area contributed by atoms with Gasteiger partial charge in [0.1, 0.15) is 16.9 Å². The molecule has 0 aliphatic carbocycles. The summed E-state index contributed by atoms with van der Waals surface area (Å²) in [5, 5.41) is 2.41. The monoisotopic (exact) mass is 465 g/mol. The third-order valence-electron chi connectivity index (χ3n) is 5.06. The van der Waals surface area contributed by atoms with Gasteiger partial charge in [-0.1, -0.05) is 42.1 Å². The summed E-state index contributed by atoms with van der Waals surface area (Å²) < 4.78 is 26.5. The summed E-state index contributed by atoms with van der Waals surface area (Å²) in [4.78, 5) is 32.0. The molecule has 2 amide bonds. The molecule has 1 saturated heterocycles. The Labute approximate surface area is 194 Å². The van der Waals surface area contributed by atoms with Crippen LogP contribution in [0.1, 0.15) is 12.0 Å². The zero-order valence-electron chi connectivity index (χ0n) is 17.6. The highest BCUT2D eigenvalue weighted by Gasteiger charge is 2.35. The largest absolute Gasteiger partial charge is 0.325 e. The molecule has 1 heterocycles. The first-order valence-electron chi connectivity index (χ1n) is 10.4. The fourth-order valence-electron chi connectivity index (χ4n) is 3.33. The van der Waals surface area contributed by atoms with Crippen LogP contribution in [0.4, 0.5) is 20.2 Å². The van der Waals surface area contributed by atoms with Crippen molar-refractivity contribution in [3.8, 4) is 0 Å². The molecule has 1 aliphatic heterocycles. The molecule has 1 fully saturated rings. The van der Waals surface area contributed by atoms with Crippen molar-refractivity contribution in [2.75, 3.05) is 11.9 Å². The predicted octanol–water partition coefficient (Wildman–Crippen LogP) is 5.17. The highest BCUT2D eigenvalue weighted by Crippen LogP contribution is 2.30. The van der Waals surface area contributed by atoms with Crippen LogP contribution in [0.2, 0.25) is 0 Å². The molecule has 168 valence electrons. The summed E-state index contributed by atoms with van der Waals surface area (Å²) in [6.07, 6.45) is 0.636. The lowest BCUT2D eigenvalue weighted by Crippen LogP contribution is -2.46. The van der Waals surface area contributed by atoms with Crippen LogP contribution in [0.25, 0.3) is 0 Å². The summed E-state index contributed by atoms with van der Waals surface area (Å²) in [6.45, 7) is 0.405. The number of carbonyl (C=O) groups is 2. The van der Waals surface area contributed by atoms with Crippen LogP contribution < -0.4 is 5.32 Å². The molecular formula is C25H21F2N3O2S. The topological polar surface area (TPSA) is 61.8 Å². The average Bonchev–Trinajstić information content (AvgIpc) is 2.82. The van der Waals surface area contributed by atoms with Gasteiger partial charge in [-0.3, -0.25) is 14.5 Å². The van der Waals surface area contributed by atoms with E-state index in [0.717, 1.165) is 5.56 Å². The highest BCUT2D eigenvalue weighted by atomic mass is 32.2. The van der Waals surface area contributed by atoms with Crippen molar-refractivity contribution in [2.24, 2.45) is 4.99 Å². The number of nitrogens with zero attached hydrogens (tertiary/aromatic N) is 2. The van der Waals surface area contributed by atoms with Crippen LogP contribution >= 0.6 is 11.8 Å². The quantitative estimate of drug-likeness (QED) is 0.547. The number of aliphatic imine (C=N–C) groups is 1. The van der Waals surface area contributed by atoms with E-state index < -0.39 is 11.1 Å². The van der Waals surface area contributed by atoms with Gasteiger partial charge in [-0.25, -0.2) is 13.8 Å². The van der Waals surface area contributed by atoms with Gasteiger partial charge in [0.15, 0.2) is 5.17 Å². The smallest absolute Gasteiger partial charge is 0.238 e. The van der Waals surface area contributed by atoms with Crippen molar-refractivity contribution in [3.05, 3.63) is 96.1 Å². The van der Waals surface area contributed by atoms with E-state index in [9.17, 15) is 18.4 Å². The number of anilines is 1. The SMILES string of the molecule is O=C(Nc1ccc(F)cc1)[C@H]1CC(=O)N(CCc2ccccc2)C(=Nc2ccc(F)cc2)S1. The zero-order chi connectivity index (χ0) is 23.2. The lowest BCUT2D eigenvalue weighted by atomic mass is 10.1. The van der Waals surface area contributed by atoms with Gasteiger partial charge in [0.05, 0.1) is 5.69 Å². The third-order valence-corrected chi connectivity index (χ3v) is 6.25. The van der Waals surface area contributed by atoms with Crippen LogP contribution in [-0.4, -0.2) is 33.7 Å². The van der Waals surface area contributed by atoms with E-state index >= 15 is 0 Å². The van der Waals surface area contributed by atoms with Gasteiger partial charge >= 0.3 is 0 Å². The van der Waals surface area contributed by atoms with Gasteiger partial charge in [-0.2, -0.15) is 0 Å². The molecule has 0 saturated carbocycles. The van der Waals surface area contributed by atoms with Crippen LogP contribution in [0.5, 0.6) is 0 Å². The standard InChI is InChI=1S/C25H21F2N3O2S/c26-18-6-10-20(11-7-18)28-24(32)22-16-23(31)30(15-14-17-4-2-1-3-5-17)25(33-22)29-21-12-8-19(27)9-13-21/h1-13,22H,14-16H2,(H,28,32)/t22-/m1/s1. The zero-order valence-corrected chi connectivity index (χ0v) is 18.4. The third kappa shape index (κ3) is 6.04. The molecule has 8 heteroatoms. The molecule has 1 atom stereocenters. The Morgan fingerprint density at radius 1 is 0.970 bits per heavy atom. The van der Waals surface area contributed by atoms with Gasteiger partial charge in [0, 0.05) is 18.7 Å². The van der Waals surface area contributed by atoms with Gasteiger partial charge in [0.25, 0.3) is 0 Å². The van der Waals surface area contributed by atoms with E-state index in [1.807, 2.05) is 30.3 Å². The average molecular weight is 466 g/mol. The van der Waals surface area contributed by atoms with Gasteiger partial charge in [-0.05, 0) is 60.5 Å². The number of hydrogen-bond acceptors (Lipinski definition) is 4. The number of rotatable bonds is 6. The lowest BCUT2D eigenvalue weighted by Gasteiger charge is -2.32. The first-order valence-corrected chi connectivity index (χ1v) is 11.3. The molecule has 0 spiro atoms. The second-order valence-corrected chi connectivity index (χ2v) is 8.63. The van der Waals surface area contributed by atoms with E-state index in [2.05, 4.69) is 10.3 Å². The molecule has 0 unspecified atom stereocenters.